The molecule has 3 N–H and O–H groups in total. The third-order valence-electron chi connectivity index (χ3n) is 6.02. The predicted octanol–water partition coefficient (Wildman–Crippen LogP) is 2.84. The Labute approximate surface area is 168 Å². The maximum Gasteiger partial charge on any atom is 0.166 e. The number of nitrogens with one attached hydrogen (secondary N) is 1. The lowest BCUT2D eigenvalue weighted by Crippen LogP contribution is -2.25. The summed E-state index contributed by atoms with van der Waals surface area (Å²) in [5.41, 5.74) is 9.39. The van der Waals surface area contributed by atoms with Crippen LogP contribution in [0.15, 0.2) is 36.7 Å². The third-order valence-corrected chi connectivity index (χ3v) is 6.02. The lowest BCUT2D eigenvalue weighted by Gasteiger charge is -2.20. The number of rotatable bonds is 4. The highest BCUT2D eigenvalue weighted by atomic mass is 19.1. The van der Waals surface area contributed by atoms with Gasteiger partial charge in [-0.05, 0) is 50.6 Å². The minimum absolute atomic E-state index is 0.191. The molecule has 5 rings (SSSR count). The molecule has 0 radical (unpaired) electrons. The molecule has 0 saturated carbocycles. The zero-order valence-electron chi connectivity index (χ0n) is 16.2. The fraction of sp³-hybridized carbons (Fsp3) is 0.381. The van der Waals surface area contributed by atoms with Crippen LogP contribution in [0.2, 0.25) is 0 Å². The van der Waals surface area contributed by atoms with Crippen molar-refractivity contribution in [2.75, 3.05) is 18.8 Å². The van der Waals surface area contributed by atoms with Crippen molar-refractivity contribution >= 4 is 5.82 Å². The highest BCUT2D eigenvalue weighted by Gasteiger charge is 2.42. The van der Waals surface area contributed by atoms with E-state index in [2.05, 4.69) is 26.0 Å². The second-order valence-corrected chi connectivity index (χ2v) is 7.83. The fourth-order valence-electron chi connectivity index (χ4n) is 4.41. The fourth-order valence-corrected chi connectivity index (χ4v) is 4.41. The van der Waals surface area contributed by atoms with Crippen LogP contribution in [0.5, 0.6) is 5.75 Å². The second-order valence-electron chi connectivity index (χ2n) is 7.83. The molecule has 2 aliphatic rings. The van der Waals surface area contributed by atoms with Gasteiger partial charge in [0.1, 0.15) is 17.6 Å². The van der Waals surface area contributed by atoms with Gasteiger partial charge < -0.3 is 15.8 Å². The minimum Gasteiger partial charge on any atom is -0.480 e. The molecule has 3 aromatic heterocycles. The van der Waals surface area contributed by atoms with Gasteiger partial charge in [-0.2, -0.15) is 5.10 Å². The summed E-state index contributed by atoms with van der Waals surface area (Å²) >= 11 is 0. The molecule has 7 nitrogen and oxygen atoms in total. The van der Waals surface area contributed by atoms with E-state index in [9.17, 15) is 4.39 Å². The van der Waals surface area contributed by atoms with Crippen LogP contribution < -0.4 is 15.8 Å². The maximum atomic E-state index is 14.0. The van der Waals surface area contributed by atoms with Gasteiger partial charge in [-0.1, -0.05) is 0 Å². The van der Waals surface area contributed by atoms with Gasteiger partial charge in [-0.25, -0.2) is 9.37 Å². The third kappa shape index (κ3) is 3.04. The summed E-state index contributed by atoms with van der Waals surface area (Å²) in [5, 5.41) is 8.26. The van der Waals surface area contributed by atoms with Crippen molar-refractivity contribution in [3.63, 3.8) is 0 Å². The molecule has 1 fully saturated rings. The maximum absolute atomic E-state index is 14.0. The van der Waals surface area contributed by atoms with E-state index in [4.69, 9.17) is 15.6 Å². The van der Waals surface area contributed by atoms with Crippen LogP contribution >= 0.6 is 0 Å². The van der Waals surface area contributed by atoms with Crippen molar-refractivity contribution in [3.05, 3.63) is 53.9 Å². The number of halogens is 1. The number of nitrogens with two attached hydrogens (primary N) is 1. The highest BCUT2D eigenvalue weighted by molar-refractivity contribution is 5.64. The summed E-state index contributed by atoms with van der Waals surface area (Å²) < 4.78 is 22.0. The van der Waals surface area contributed by atoms with Gasteiger partial charge in [0, 0.05) is 42.2 Å². The van der Waals surface area contributed by atoms with Crippen LogP contribution in [0.4, 0.5) is 10.2 Å². The van der Waals surface area contributed by atoms with E-state index in [1.807, 2.05) is 6.07 Å². The Morgan fingerprint density at radius 3 is 3.00 bits per heavy atom. The van der Waals surface area contributed by atoms with E-state index >= 15 is 0 Å². The Morgan fingerprint density at radius 1 is 1.31 bits per heavy atom. The van der Waals surface area contributed by atoms with Crippen molar-refractivity contribution in [3.8, 4) is 17.0 Å². The van der Waals surface area contributed by atoms with Crippen molar-refractivity contribution < 1.29 is 9.13 Å². The molecule has 0 bridgehead atoms. The lowest BCUT2D eigenvalue weighted by molar-refractivity contribution is 0.216. The van der Waals surface area contributed by atoms with Gasteiger partial charge >= 0.3 is 0 Å². The second kappa shape index (κ2) is 6.81. The Morgan fingerprint density at radius 2 is 2.21 bits per heavy atom. The van der Waals surface area contributed by atoms with Gasteiger partial charge in [-0.15, -0.1) is 0 Å². The van der Waals surface area contributed by atoms with Crippen LogP contribution in [0.3, 0.4) is 0 Å². The molecule has 1 spiro atoms. The number of aromatic nitrogens is 4. The Balaban J connectivity index is 1.44. The topological polar surface area (TPSA) is 90.9 Å². The van der Waals surface area contributed by atoms with Crippen LogP contribution in [-0.2, 0) is 12.0 Å². The van der Waals surface area contributed by atoms with E-state index in [1.165, 1.54) is 18.0 Å². The van der Waals surface area contributed by atoms with Gasteiger partial charge in [-0.3, -0.25) is 9.67 Å². The van der Waals surface area contributed by atoms with E-state index < -0.39 is 11.9 Å². The number of aryl methyl sites for hydroxylation is 1. The van der Waals surface area contributed by atoms with Gasteiger partial charge in [0.15, 0.2) is 11.6 Å². The first-order valence-electron chi connectivity index (χ1n) is 9.88. The number of nitrogen functional groups attached to an aromatic ring is 1. The number of hydrogen-bond acceptors (Lipinski definition) is 6. The van der Waals surface area contributed by atoms with E-state index in [0.29, 0.717) is 5.75 Å². The van der Waals surface area contributed by atoms with E-state index in [1.54, 1.807) is 19.2 Å². The number of nitrogens with zero attached hydrogens (tertiary/aromatic N) is 4. The predicted molar refractivity (Wildman–Crippen MR) is 107 cm³/mol. The first-order chi connectivity index (χ1) is 14.1. The number of anilines is 1. The van der Waals surface area contributed by atoms with Gasteiger partial charge in [0.25, 0.3) is 0 Å². The summed E-state index contributed by atoms with van der Waals surface area (Å²) in [4.78, 5) is 8.35. The summed E-state index contributed by atoms with van der Waals surface area (Å²) in [6.45, 7) is 4.71. The van der Waals surface area contributed by atoms with Crippen LogP contribution in [0.25, 0.3) is 11.3 Å². The molecule has 150 valence electrons. The van der Waals surface area contributed by atoms with Gasteiger partial charge in [0.05, 0.1) is 5.69 Å². The average molecular weight is 394 g/mol. The van der Waals surface area contributed by atoms with Crippen molar-refractivity contribution in [2.24, 2.45) is 0 Å². The summed E-state index contributed by atoms with van der Waals surface area (Å²) in [6.07, 6.45) is 4.90. The first-order valence-corrected chi connectivity index (χ1v) is 9.88. The van der Waals surface area contributed by atoms with E-state index in [0.717, 1.165) is 43.7 Å². The summed E-state index contributed by atoms with van der Waals surface area (Å²) in [5.74, 6) is 0.231. The molecule has 5 heterocycles. The first kappa shape index (κ1) is 18.1. The lowest BCUT2D eigenvalue weighted by atomic mass is 9.82. The molecule has 29 heavy (non-hydrogen) atoms. The Bertz CT molecular complexity index is 1060. The van der Waals surface area contributed by atoms with Gasteiger partial charge in [0.2, 0.25) is 0 Å². The monoisotopic (exact) mass is 394 g/mol. The van der Waals surface area contributed by atoms with Crippen molar-refractivity contribution in [2.45, 2.75) is 37.8 Å². The molecule has 0 amide bonds. The number of ether oxygens (including phenoxy) is 1. The molecule has 2 atom stereocenters. The normalized spacial score (nSPS) is 21.4. The van der Waals surface area contributed by atoms with Crippen LogP contribution in [-0.4, -0.2) is 32.8 Å². The molecular weight excluding hydrogens is 371 g/mol. The van der Waals surface area contributed by atoms with Crippen LogP contribution in [0.1, 0.15) is 37.3 Å². The summed E-state index contributed by atoms with van der Waals surface area (Å²) in [7, 11) is 0. The SMILES string of the molecule is CC(Oc1cc(-c2cc3n(n2)CC[C@@]32CCNC2)cnc1N)c1ncccc1F. The molecule has 1 unspecified atom stereocenters. The number of hydrogen-bond donors (Lipinski definition) is 2. The molecule has 1 saturated heterocycles. The molecule has 0 aliphatic carbocycles. The standard InChI is InChI=1S/C21H23FN6O/c1-13(19-15(22)3-2-6-25-19)29-17-9-14(11-26-20(17)23)16-10-18-21(4-7-24-12-21)5-8-28(18)27-16/h2-3,6,9-11,13,24H,4-5,7-8,12H2,1H3,(H2,23,26)/t13?,21-/m1/s1. The highest BCUT2D eigenvalue weighted by Crippen LogP contribution is 2.41. The molecule has 3 aromatic rings. The van der Waals surface area contributed by atoms with Crippen LogP contribution in [0, 0.1) is 5.82 Å². The number of pyridine rings is 2. The summed E-state index contributed by atoms with van der Waals surface area (Å²) in [6, 6.07) is 6.88. The molecule has 8 heteroatoms. The quantitative estimate of drug-likeness (QED) is 0.707. The smallest absolute Gasteiger partial charge is 0.166 e. The zero-order valence-corrected chi connectivity index (χ0v) is 16.2. The molecular formula is C21H23FN6O. The van der Waals surface area contributed by atoms with Crippen molar-refractivity contribution in [1.82, 2.24) is 25.1 Å². The molecule has 0 aromatic carbocycles. The average Bonchev–Trinajstić information content (AvgIpc) is 3.43. The zero-order chi connectivity index (χ0) is 20.0. The van der Waals surface area contributed by atoms with Crippen molar-refractivity contribution in [1.29, 1.82) is 0 Å². The van der Waals surface area contributed by atoms with E-state index in [-0.39, 0.29) is 16.9 Å². The Hall–Kier alpha value is -3.00. The minimum atomic E-state index is -0.601. The Kier molecular flexibility index (Phi) is 4.24. The molecule has 2 aliphatic heterocycles. The largest absolute Gasteiger partial charge is 0.480 e. The number of fused-ring (bicyclic) bond motifs is 2.